The van der Waals surface area contributed by atoms with E-state index in [0.717, 1.165) is 17.2 Å². The number of nitrogens with zero attached hydrogens (tertiary/aromatic N) is 4. The molecule has 138 valence electrons. The Morgan fingerprint density at radius 2 is 1.81 bits per heavy atom. The molecule has 0 radical (unpaired) electrons. The van der Waals surface area contributed by atoms with Gasteiger partial charge in [-0.05, 0) is 19.8 Å². The lowest BCUT2D eigenvalue weighted by Gasteiger charge is -2.35. The van der Waals surface area contributed by atoms with Gasteiger partial charge >= 0.3 is 0 Å². The van der Waals surface area contributed by atoms with E-state index in [1.54, 1.807) is 0 Å². The van der Waals surface area contributed by atoms with E-state index in [0.29, 0.717) is 25.9 Å². The summed E-state index contributed by atoms with van der Waals surface area (Å²) in [5.41, 5.74) is 1.01. The van der Waals surface area contributed by atoms with Gasteiger partial charge in [0, 0.05) is 18.0 Å². The van der Waals surface area contributed by atoms with Crippen LogP contribution in [-0.4, -0.2) is 52.0 Å². The molecule has 2 aliphatic heterocycles. The van der Waals surface area contributed by atoms with Gasteiger partial charge in [0.2, 0.25) is 5.91 Å². The highest BCUT2D eigenvalue weighted by atomic mass is 32.2. The van der Waals surface area contributed by atoms with Crippen molar-refractivity contribution in [3.63, 3.8) is 0 Å². The number of carbonyl (C=O) groups excluding carboxylic acids is 1. The Labute approximate surface area is 152 Å². The number of benzene rings is 1. The van der Waals surface area contributed by atoms with Crippen LogP contribution < -0.4 is 0 Å². The molecule has 1 aromatic carbocycles. The molecule has 8 heteroatoms. The van der Waals surface area contributed by atoms with Gasteiger partial charge in [-0.3, -0.25) is 4.79 Å². The third kappa shape index (κ3) is 3.13. The third-order valence-electron chi connectivity index (χ3n) is 5.27. The molecule has 0 bridgehead atoms. The van der Waals surface area contributed by atoms with Gasteiger partial charge in [-0.2, -0.15) is 0 Å². The molecule has 0 N–H and O–H groups in total. The number of sulfone groups is 1. The van der Waals surface area contributed by atoms with Crippen LogP contribution in [0.5, 0.6) is 0 Å². The predicted molar refractivity (Wildman–Crippen MR) is 97.0 cm³/mol. The van der Waals surface area contributed by atoms with Crippen LogP contribution in [0.1, 0.15) is 31.6 Å². The van der Waals surface area contributed by atoms with Gasteiger partial charge in [0.05, 0.1) is 24.1 Å². The van der Waals surface area contributed by atoms with Crippen molar-refractivity contribution in [3.8, 4) is 11.4 Å². The molecule has 1 aromatic heterocycles. The average Bonchev–Trinajstić information content (AvgIpc) is 3.06. The molecule has 2 aromatic rings. The summed E-state index contributed by atoms with van der Waals surface area (Å²) in [5.74, 6) is 1.67. The fraction of sp³-hybridized carbons (Fsp3) is 0.500. The van der Waals surface area contributed by atoms with Gasteiger partial charge in [0.25, 0.3) is 0 Å². The molecule has 1 fully saturated rings. The van der Waals surface area contributed by atoms with Crippen LogP contribution in [0, 0.1) is 5.92 Å². The molecule has 1 saturated heterocycles. The summed E-state index contributed by atoms with van der Waals surface area (Å²) in [6, 6.07) is 9.98. The van der Waals surface area contributed by atoms with Crippen LogP contribution in [0.25, 0.3) is 11.4 Å². The second-order valence-corrected chi connectivity index (χ2v) is 9.47. The fourth-order valence-corrected chi connectivity index (χ4v) is 5.37. The zero-order valence-electron chi connectivity index (χ0n) is 14.7. The summed E-state index contributed by atoms with van der Waals surface area (Å²) in [7, 11) is -2.96. The number of hydrogen-bond acceptors (Lipinski definition) is 5. The summed E-state index contributed by atoms with van der Waals surface area (Å²) < 4.78 is 25.3. The zero-order valence-corrected chi connectivity index (χ0v) is 15.5. The molecular weight excluding hydrogens is 352 g/mol. The molecule has 4 rings (SSSR count). The minimum Gasteiger partial charge on any atom is -0.333 e. The predicted octanol–water partition coefficient (Wildman–Crippen LogP) is 1.67. The van der Waals surface area contributed by atoms with E-state index in [-0.39, 0.29) is 29.4 Å². The van der Waals surface area contributed by atoms with Crippen LogP contribution in [0.4, 0.5) is 0 Å². The highest BCUT2D eigenvalue weighted by molar-refractivity contribution is 7.91. The number of amides is 1. The van der Waals surface area contributed by atoms with E-state index >= 15 is 0 Å². The lowest BCUT2D eigenvalue weighted by molar-refractivity contribution is -0.137. The Balaban J connectivity index is 1.54. The molecule has 0 unspecified atom stereocenters. The van der Waals surface area contributed by atoms with Crippen molar-refractivity contribution in [3.05, 3.63) is 36.2 Å². The highest BCUT2D eigenvalue weighted by Gasteiger charge is 2.35. The monoisotopic (exact) mass is 374 g/mol. The van der Waals surface area contributed by atoms with Crippen molar-refractivity contribution >= 4 is 15.7 Å². The van der Waals surface area contributed by atoms with Crippen LogP contribution in [0.15, 0.2) is 30.3 Å². The molecule has 26 heavy (non-hydrogen) atoms. The first-order chi connectivity index (χ1) is 12.4. The van der Waals surface area contributed by atoms with Crippen LogP contribution in [0.3, 0.4) is 0 Å². The topological polar surface area (TPSA) is 85.2 Å². The third-order valence-corrected chi connectivity index (χ3v) is 6.99. The normalized spacial score (nSPS) is 22.8. The van der Waals surface area contributed by atoms with Crippen molar-refractivity contribution < 1.29 is 13.2 Å². The second-order valence-electron chi connectivity index (χ2n) is 7.17. The first kappa shape index (κ1) is 17.2. The average molecular weight is 374 g/mol. The van der Waals surface area contributed by atoms with Gasteiger partial charge in [0.1, 0.15) is 9.84 Å². The van der Waals surface area contributed by atoms with Gasteiger partial charge in [-0.15, -0.1) is 10.2 Å². The Kier molecular flexibility index (Phi) is 4.30. The van der Waals surface area contributed by atoms with Crippen LogP contribution in [-0.2, 0) is 21.2 Å². The minimum atomic E-state index is -2.96. The van der Waals surface area contributed by atoms with Crippen molar-refractivity contribution in [1.82, 2.24) is 19.7 Å². The van der Waals surface area contributed by atoms with Gasteiger partial charge < -0.3 is 9.47 Å². The van der Waals surface area contributed by atoms with E-state index in [1.165, 1.54) is 0 Å². The van der Waals surface area contributed by atoms with Gasteiger partial charge in [0.15, 0.2) is 11.6 Å². The zero-order chi connectivity index (χ0) is 18.3. The molecular formula is C18H22N4O3S. The Morgan fingerprint density at radius 3 is 2.50 bits per heavy atom. The lowest BCUT2D eigenvalue weighted by atomic mass is 10.00. The van der Waals surface area contributed by atoms with Crippen molar-refractivity contribution in [2.24, 2.45) is 5.92 Å². The maximum atomic E-state index is 12.9. The molecule has 0 spiro atoms. The van der Waals surface area contributed by atoms with Crippen molar-refractivity contribution in [1.29, 1.82) is 0 Å². The van der Waals surface area contributed by atoms with Crippen molar-refractivity contribution in [2.45, 2.75) is 32.4 Å². The summed E-state index contributed by atoms with van der Waals surface area (Å²) >= 11 is 0. The van der Waals surface area contributed by atoms with E-state index in [1.807, 2.05) is 35.2 Å². The quantitative estimate of drug-likeness (QED) is 0.798. The van der Waals surface area contributed by atoms with Crippen LogP contribution >= 0.6 is 0 Å². The molecule has 1 atom stereocenters. The fourth-order valence-electron chi connectivity index (χ4n) is 3.88. The van der Waals surface area contributed by atoms with Crippen molar-refractivity contribution in [2.75, 3.05) is 18.1 Å². The Morgan fingerprint density at radius 1 is 1.12 bits per heavy atom. The SMILES string of the molecule is C[C@H]1CN(C(=O)C2CCS(=O)(=O)CC2)Cc2nnc(-c3ccccc3)n21. The highest BCUT2D eigenvalue weighted by Crippen LogP contribution is 2.29. The smallest absolute Gasteiger partial charge is 0.226 e. The molecule has 0 aliphatic carbocycles. The van der Waals surface area contributed by atoms with Crippen LogP contribution in [0.2, 0.25) is 0 Å². The number of fused-ring (bicyclic) bond motifs is 1. The summed E-state index contributed by atoms with van der Waals surface area (Å²) in [5, 5.41) is 8.65. The summed E-state index contributed by atoms with van der Waals surface area (Å²) in [4.78, 5) is 14.7. The molecule has 7 nitrogen and oxygen atoms in total. The second kappa shape index (κ2) is 6.50. The number of aromatic nitrogens is 3. The molecule has 0 saturated carbocycles. The number of rotatable bonds is 2. The number of carbonyl (C=O) groups is 1. The first-order valence-corrected chi connectivity index (χ1v) is 10.7. The molecule has 2 aliphatic rings. The minimum absolute atomic E-state index is 0.0438. The Hall–Kier alpha value is -2.22. The van der Waals surface area contributed by atoms with E-state index in [2.05, 4.69) is 21.7 Å². The maximum Gasteiger partial charge on any atom is 0.226 e. The summed E-state index contributed by atoms with van der Waals surface area (Å²) in [6.45, 7) is 3.07. The maximum absolute atomic E-state index is 12.9. The first-order valence-electron chi connectivity index (χ1n) is 8.93. The van der Waals surface area contributed by atoms with Gasteiger partial charge in [-0.1, -0.05) is 30.3 Å². The molecule has 3 heterocycles. The molecule has 1 amide bonds. The van der Waals surface area contributed by atoms with Gasteiger partial charge in [-0.25, -0.2) is 8.42 Å². The van der Waals surface area contributed by atoms with E-state index in [4.69, 9.17) is 0 Å². The number of hydrogen-bond donors (Lipinski definition) is 0. The standard InChI is InChI=1S/C18H22N4O3S/c1-13-11-21(18(23)15-7-9-26(24,25)10-8-15)12-16-19-20-17(22(13)16)14-5-3-2-4-6-14/h2-6,13,15H,7-12H2,1H3/t13-/m0/s1. The van der Waals surface area contributed by atoms with E-state index in [9.17, 15) is 13.2 Å². The lowest BCUT2D eigenvalue weighted by Crippen LogP contribution is -2.45. The Bertz CT molecular complexity index is 909. The largest absolute Gasteiger partial charge is 0.333 e. The summed E-state index contributed by atoms with van der Waals surface area (Å²) in [6.07, 6.45) is 0.849. The van der Waals surface area contributed by atoms with E-state index < -0.39 is 9.84 Å².